The summed E-state index contributed by atoms with van der Waals surface area (Å²) in [5, 5.41) is 0. The molecule has 5 heteroatoms. The molecule has 0 saturated carbocycles. The number of ether oxygens (including phenoxy) is 1. The van der Waals surface area contributed by atoms with E-state index in [1.807, 2.05) is 6.92 Å². The lowest BCUT2D eigenvalue weighted by atomic mass is 10.1. The fourth-order valence-electron chi connectivity index (χ4n) is 1.75. The molecule has 2 aromatic rings. The maximum atomic E-state index is 13.1. The minimum absolute atomic E-state index is 0.0227. The Morgan fingerprint density at radius 3 is 2.75 bits per heavy atom. The molecular formula is C15H13BrFNO2. The van der Waals surface area contributed by atoms with Gasteiger partial charge in [-0.2, -0.15) is 0 Å². The first-order valence-electron chi connectivity index (χ1n) is 5.94. The molecule has 0 amide bonds. The van der Waals surface area contributed by atoms with E-state index in [-0.39, 0.29) is 12.4 Å². The summed E-state index contributed by atoms with van der Waals surface area (Å²) in [6, 6.07) is 9.22. The van der Waals surface area contributed by atoms with Gasteiger partial charge < -0.3 is 10.5 Å². The summed E-state index contributed by atoms with van der Waals surface area (Å²) in [6.45, 7) is 1.86. The molecule has 2 aromatic carbocycles. The zero-order valence-electron chi connectivity index (χ0n) is 10.8. The van der Waals surface area contributed by atoms with Crippen molar-refractivity contribution in [3.05, 3.63) is 63.4 Å². The highest BCUT2D eigenvalue weighted by atomic mass is 79.9. The van der Waals surface area contributed by atoms with Gasteiger partial charge in [-0.15, -0.1) is 0 Å². The van der Waals surface area contributed by atoms with Crippen LogP contribution in [0.3, 0.4) is 0 Å². The summed E-state index contributed by atoms with van der Waals surface area (Å²) >= 11 is 3.26. The van der Waals surface area contributed by atoms with Gasteiger partial charge in [-0.3, -0.25) is 0 Å². The second-order valence-electron chi connectivity index (χ2n) is 4.42. The molecule has 0 saturated heterocycles. The highest BCUT2D eigenvalue weighted by molar-refractivity contribution is 9.10. The molecule has 0 aromatic heterocycles. The third-order valence-corrected chi connectivity index (χ3v) is 3.28. The SMILES string of the molecule is Cc1ccc(F)cc1COC(=O)c1cc(N)cc(Br)c1. The number of nitrogens with two attached hydrogens (primary N) is 1. The number of benzene rings is 2. The molecule has 0 fully saturated rings. The molecule has 104 valence electrons. The van der Waals surface area contributed by atoms with Crippen LogP contribution in [0.4, 0.5) is 10.1 Å². The number of halogens is 2. The van der Waals surface area contributed by atoms with Crippen LogP contribution in [0.2, 0.25) is 0 Å². The molecule has 0 radical (unpaired) electrons. The van der Waals surface area contributed by atoms with Crippen molar-refractivity contribution in [2.24, 2.45) is 0 Å². The number of nitrogen functional groups attached to an aromatic ring is 1. The van der Waals surface area contributed by atoms with Crippen molar-refractivity contribution in [2.45, 2.75) is 13.5 Å². The number of carbonyl (C=O) groups is 1. The number of anilines is 1. The quantitative estimate of drug-likeness (QED) is 0.683. The molecule has 0 atom stereocenters. The lowest BCUT2D eigenvalue weighted by molar-refractivity contribution is 0.0471. The first-order chi connectivity index (χ1) is 9.45. The van der Waals surface area contributed by atoms with Crippen LogP contribution in [-0.4, -0.2) is 5.97 Å². The Bertz CT molecular complexity index is 638. The van der Waals surface area contributed by atoms with Crippen LogP contribution in [0.1, 0.15) is 21.5 Å². The van der Waals surface area contributed by atoms with Gasteiger partial charge in [0.15, 0.2) is 0 Å². The maximum absolute atomic E-state index is 13.1. The smallest absolute Gasteiger partial charge is 0.338 e. The van der Waals surface area contributed by atoms with Crippen molar-refractivity contribution >= 4 is 27.6 Å². The normalized spacial score (nSPS) is 10.3. The van der Waals surface area contributed by atoms with Gasteiger partial charge in [0.2, 0.25) is 0 Å². The van der Waals surface area contributed by atoms with Gasteiger partial charge in [0.05, 0.1) is 5.56 Å². The number of hydrogen-bond donors (Lipinski definition) is 1. The number of aryl methyl sites for hydroxylation is 1. The summed E-state index contributed by atoms with van der Waals surface area (Å²) in [5.74, 6) is -0.852. The molecule has 0 aliphatic carbocycles. The van der Waals surface area contributed by atoms with E-state index < -0.39 is 5.97 Å². The number of rotatable bonds is 3. The fraction of sp³-hybridized carbons (Fsp3) is 0.133. The van der Waals surface area contributed by atoms with Crippen molar-refractivity contribution in [3.8, 4) is 0 Å². The predicted octanol–water partition coefficient (Wildman–Crippen LogP) is 3.84. The Hall–Kier alpha value is -1.88. The summed E-state index contributed by atoms with van der Waals surface area (Å²) < 4.78 is 19.0. The van der Waals surface area contributed by atoms with E-state index in [0.29, 0.717) is 21.3 Å². The minimum atomic E-state index is -0.498. The predicted molar refractivity (Wildman–Crippen MR) is 78.8 cm³/mol. The Kier molecular flexibility index (Phi) is 4.39. The Morgan fingerprint density at radius 2 is 2.05 bits per heavy atom. The largest absolute Gasteiger partial charge is 0.457 e. The van der Waals surface area contributed by atoms with Gasteiger partial charge in [-0.25, -0.2) is 9.18 Å². The van der Waals surface area contributed by atoms with Gasteiger partial charge >= 0.3 is 5.97 Å². The molecule has 0 bridgehead atoms. The van der Waals surface area contributed by atoms with E-state index in [1.165, 1.54) is 18.2 Å². The third-order valence-electron chi connectivity index (χ3n) is 2.83. The zero-order chi connectivity index (χ0) is 14.7. The van der Waals surface area contributed by atoms with Crippen LogP contribution in [0.5, 0.6) is 0 Å². The van der Waals surface area contributed by atoms with Crippen LogP contribution in [0, 0.1) is 12.7 Å². The van der Waals surface area contributed by atoms with Gasteiger partial charge in [-0.05, 0) is 48.4 Å². The second-order valence-corrected chi connectivity index (χ2v) is 5.34. The van der Waals surface area contributed by atoms with Crippen molar-refractivity contribution in [1.29, 1.82) is 0 Å². The average molecular weight is 338 g/mol. The molecule has 0 aliphatic heterocycles. The summed E-state index contributed by atoms with van der Waals surface area (Å²) in [4.78, 5) is 11.9. The molecule has 3 nitrogen and oxygen atoms in total. The summed E-state index contributed by atoms with van der Waals surface area (Å²) in [5.41, 5.74) is 7.99. The maximum Gasteiger partial charge on any atom is 0.338 e. The highest BCUT2D eigenvalue weighted by Crippen LogP contribution is 2.19. The van der Waals surface area contributed by atoms with Crippen molar-refractivity contribution in [2.75, 3.05) is 5.73 Å². The zero-order valence-corrected chi connectivity index (χ0v) is 12.4. The van der Waals surface area contributed by atoms with Crippen molar-refractivity contribution in [3.63, 3.8) is 0 Å². The van der Waals surface area contributed by atoms with Crippen LogP contribution in [0.15, 0.2) is 40.9 Å². The van der Waals surface area contributed by atoms with E-state index in [9.17, 15) is 9.18 Å². The number of carbonyl (C=O) groups excluding carboxylic acids is 1. The number of hydrogen-bond acceptors (Lipinski definition) is 3. The van der Waals surface area contributed by atoms with Crippen LogP contribution in [-0.2, 0) is 11.3 Å². The molecule has 0 spiro atoms. The Balaban J connectivity index is 2.10. The molecule has 20 heavy (non-hydrogen) atoms. The number of esters is 1. The molecule has 2 N–H and O–H groups in total. The van der Waals surface area contributed by atoms with Crippen LogP contribution in [0.25, 0.3) is 0 Å². The van der Waals surface area contributed by atoms with Gasteiger partial charge in [0, 0.05) is 10.2 Å². The monoisotopic (exact) mass is 337 g/mol. The lowest BCUT2D eigenvalue weighted by Gasteiger charge is -2.08. The van der Waals surface area contributed by atoms with E-state index in [1.54, 1.807) is 18.2 Å². The van der Waals surface area contributed by atoms with Crippen LogP contribution < -0.4 is 5.73 Å². The molecular weight excluding hydrogens is 325 g/mol. The average Bonchev–Trinajstić information content (AvgIpc) is 2.38. The van der Waals surface area contributed by atoms with Crippen LogP contribution >= 0.6 is 15.9 Å². The Morgan fingerprint density at radius 1 is 1.30 bits per heavy atom. The van der Waals surface area contributed by atoms with Gasteiger partial charge in [0.25, 0.3) is 0 Å². The fourth-order valence-corrected chi connectivity index (χ4v) is 2.26. The van der Waals surface area contributed by atoms with Crippen molar-refractivity contribution in [1.82, 2.24) is 0 Å². The molecule has 0 unspecified atom stereocenters. The van der Waals surface area contributed by atoms with Gasteiger partial charge in [0.1, 0.15) is 12.4 Å². The lowest BCUT2D eigenvalue weighted by Crippen LogP contribution is -2.07. The Labute approximate surface area is 124 Å². The van der Waals surface area contributed by atoms with E-state index in [4.69, 9.17) is 10.5 Å². The minimum Gasteiger partial charge on any atom is -0.457 e. The third kappa shape index (κ3) is 3.57. The first-order valence-corrected chi connectivity index (χ1v) is 6.73. The summed E-state index contributed by atoms with van der Waals surface area (Å²) in [6.07, 6.45) is 0. The van der Waals surface area contributed by atoms with Gasteiger partial charge in [-0.1, -0.05) is 22.0 Å². The second kappa shape index (κ2) is 6.05. The first kappa shape index (κ1) is 14.5. The molecule has 0 aliphatic rings. The molecule has 0 heterocycles. The van der Waals surface area contributed by atoms with E-state index >= 15 is 0 Å². The standard InChI is InChI=1S/C15H13BrFNO2/c1-9-2-3-13(17)5-11(9)8-20-15(19)10-4-12(16)7-14(18)6-10/h2-7H,8,18H2,1H3. The van der Waals surface area contributed by atoms with Crippen molar-refractivity contribution < 1.29 is 13.9 Å². The summed E-state index contributed by atoms with van der Waals surface area (Å²) in [7, 11) is 0. The highest BCUT2D eigenvalue weighted by Gasteiger charge is 2.10. The van der Waals surface area contributed by atoms with E-state index in [0.717, 1.165) is 5.56 Å². The molecule has 2 rings (SSSR count). The van der Waals surface area contributed by atoms with E-state index in [2.05, 4.69) is 15.9 Å². The topological polar surface area (TPSA) is 52.3 Å².